The van der Waals surface area contributed by atoms with Gasteiger partial charge in [0.05, 0.1) is 0 Å². The number of carbonyl (C=O) groups excluding carboxylic acids is 1. The van der Waals surface area contributed by atoms with Crippen molar-refractivity contribution < 1.29 is 4.79 Å². The Hall–Kier alpha value is -1.55. The van der Waals surface area contributed by atoms with Crippen LogP contribution in [0.1, 0.15) is 24.8 Å². The van der Waals surface area contributed by atoms with E-state index in [9.17, 15) is 4.79 Å². The van der Waals surface area contributed by atoms with Gasteiger partial charge < -0.3 is 16.0 Å². The highest BCUT2D eigenvalue weighted by molar-refractivity contribution is 5.73. The molecular weight excluding hydrogens is 226 g/mol. The van der Waals surface area contributed by atoms with Crippen molar-refractivity contribution in [3.8, 4) is 0 Å². The van der Waals surface area contributed by atoms with Gasteiger partial charge in [0.25, 0.3) is 0 Å². The quantitative estimate of drug-likeness (QED) is 0.686. The van der Waals surface area contributed by atoms with Crippen molar-refractivity contribution in [1.29, 1.82) is 0 Å². The lowest BCUT2D eigenvalue weighted by atomic mass is 10.2. The Morgan fingerprint density at radius 1 is 1.22 bits per heavy atom. The van der Waals surface area contributed by atoms with Crippen molar-refractivity contribution in [2.75, 3.05) is 25.5 Å². The number of nitrogens with two attached hydrogens (primary N) is 1. The number of hydrogen-bond acceptors (Lipinski definition) is 3. The van der Waals surface area contributed by atoms with E-state index in [0.717, 1.165) is 25.9 Å². The lowest BCUT2D eigenvalue weighted by Crippen LogP contribution is -2.16. The molecule has 0 heterocycles. The minimum Gasteiger partial charge on any atom is -0.378 e. The molecule has 0 saturated carbocycles. The van der Waals surface area contributed by atoms with Gasteiger partial charge in [-0.2, -0.15) is 0 Å². The molecule has 4 nitrogen and oxygen atoms in total. The van der Waals surface area contributed by atoms with Gasteiger partial charge in [-0.15, -0.1) is 0 Å². The molecule has 0 aliphatic carbocycles. The molecule has 0 radical (unpaired) electrons. The van der Waals surface area contributed by atoms with Crippen LogP contribution in [0.2, 0.25) is 0 Å². The predicted octanol–water partition coefficient (Wildman–Crippen LogP) is 1.50. The van der Waals surface area contributed by atoms with E-state index in [1.54, 1.807) is 0 Å². The number of nitrogens with one attached hydrogen (secondary N) is 1. The molecule has 0 atom stereocenters. The molecule has 18 heavy (non-hydrogen) atoms. The van der Waals surface area contributed by atoms with Gasteiger partial charge in [0.15, 0.2) is 0 Å². The fraction of sp³-hybridized carbons (Fsp3) is 0.500. The van der Waals surface area contributed by atoms with E-state index in [4.69, 9.17) is 5.73 Å². The van der Waals surface area contributed by atoms with Crippen LogP contribution in [0.4, 0.5) is 5.69 Å². The molecule has 0 unspecified atom stereocenters. The minimum atomic E-state index is -0.214. The molecule has 0 bridgehead atoms. The molecule has 1 amide bonds. The second kappa shape index (κ2) is 7.71. The fourth-order valence-corrected chi connectivity index (χ4v) is 1.69. The molecule has 0 saturated heterocycles. The molecule has 3 N–H and O–H groups in total. The summed E-state index contributed by atoms with van der Waals surface area (Å²) in [5, 5.41) is 3.36. The Morgan fingerprint density at radius 3 is 2.44 bits per heavy atom. The number of unbranched alkanes of at least 4 members (excludes halogenated alkanes) is 1. The molecule has 0 aliphatic rings. The number of primary amides is 1. The third-order valence-electron chi connectivity index (χ3n) is 2.81. The molecule has 1 aromatic carbocycles. The number of amides is 1. The summed E-state index contributed by atoms with van der Waals surface area (Å²) in [5.41, 5.74) is 7.56. The third kappa shape index (κ3) is 5.68. The minimum absolute atomic E-state index is 0.214. The van der Waals surface area contributed by atoms with Crippen molar-refractivity contribution in [1.82, 2.24) is 5.32 Å². The van der Waals surface area contributed by atoms with Gasteiger partial charge >= 0.3 is 0 Å². The molecule has 1 aromatic rings. The summed E-state index contributed by atoms with van der Waals surface area (Å²) in [4.78, 5) is 12.6. The first-order valence-electron chi connectivity index (χ1n) is 6.35. The number of nitrogens with zero attached hydrogens (tertiary/aromatic N) is 1. The number of anilines is 1. The Labute approximate surface area is 109 Å². The standard InChI is InChI=1S/C14H23N3O/c1-17(2)13-8-6-12(7-9-13)11-16-10-4-3-5-14(15)18/h6-9,16H,3-5,10-11H2,1-2H3,(H2,15,18). The number of benzene rings is 1. The molecule has 0 spiro atoms. The van der Waals surface area contributed by atoms with Crippen molar-refractivity contribution in [3.05, 3.63) is 29.8 Å². The summed E-state index contributed by atoms with van der Waals surface area (Å²) in [6.07, 6.45) is 2.33. The van der Waals surface area contributed by atoms with Crippen molar-refractivity contribution >= 4 is 11.6 Å². The van der Waals surface area contributed by atoms with E-state index in [-0.39, 0.29) is 5.91 Å². The van der Waals surface area contributed by atoms with E-state index in [1.165, 1.54) is 11.3 Å². The summed E-state index contributed by atoms with van der Waals surface area (Å²) < 4.78 is 0. The Bertz CT molecular complexity index is 360. The van der Waals surface area contributed by atoms with Crippen LogP contribution in [-0.4, -0.2) is 26.5 Å². The second-order valence-corrected chi connectivity index (χ2v) is 4.66. The van der Waals surface area contributed by atoms with Gasteiger partial charge in [-0.05, 0) is 37.1 Å². The molecule has 100 valence electrons. The Morgan fingerprint density at radius 2 is 1.89 bits per heavy atom. The van der Waals surface area contributed by atoms with Gasteiger partial charge in [-0.1, -0.05) is 12.1 Å². The van der Waals surface area contributed by atoms with Crippen LogP contribution >= 0.6 is 0 Å². The topological polar surface area (TPSA) is 58.4 Å². The maximum Gasteiger partial charge on any atom is 0.217 e. The van der Waals surface area contributed by atoms with Crippen LogP contribution in [-0.2, 0) is 11.3 Å². The molecular formula is C14H23N3O. The zero-order chi connectivity index (χ0) is 13.4. The first-order chi connectivity index (χ1) is 8.59. The average Bonchev–Trinajstić information content (AvgIpc) is 2.34. The SMILES string of the molecule is CN(C)c1ccc(CNCCCCC(N)=O)cc1. The van der Waals surface area contributed by atoms with Gasteiger partial charge in [0.2, 0.25) is 5.91 Å². The van der Waals surface area contributed by atoms with Crippen molar-refractivity contribution in [2.45, 2.75) is 25.8 Å². The molecule has 1 rings (SSSR count). The number of carbonyl (C=O) groups is 1. The van der Waals surface area contributed by atoms with Gasteiger partial charge in [-0.3, -0.25) is 4.79 Å². The monoisotopic (exact) mass is 249 g/mol. The van der Waals surface area contributed by atoms with Gasteiger partial charge in [0.1, 0.15) is 0 Å². The summed E-state index contributed by atoms with van der Waals surface area (Å²) in [7, 11) is 4.07. The lowest BCUT2D eigenvalue weighted by Gasteiger charge is -2.12. The van der Waals surface area contributed by atoms with Crippen LogP contribution in [0.15, 0.2) is 24.3 Å². The zero-order valence-electron chi connectivity index (χ0n) is 11.3. The highest BCUT2D eigenvalue weighted by Gasteiger charge is 1.97. The highest BCUT2D eigenvalue weighted by atomic mass is 16.1. The average molecular weight is 249 g/mol. The maximum atomic E-state index is 10.5. The smallest absolute Gasteiger partial charge is 0.217 e. The number of hydrogen-bond donors (Lipinski definition) is 2. The largest absolute Gasteiger partial charge is 0.378 e. The zero-order valence-corrected chi connectivity index (χ0v) is 11.3. The first kappa shape index (κ1) is 14.5. The van der Waals surface area contributed by atoms with Crippen LogP contribution in [0.5, 0.6) is 0 Å². The van der Waals surface area contributed by atoms with E-state index in [0.29, 0.717) is 6.42 Å². The molecule has 0 fully saturated rings. The molecule has 0 aromatic heterocycles. The van der Waals surface area contributed by atoms with E-state index in [1.807, 2.05) is 14.1 Å². The lowest BCUT2D eigenvalue weighted by molar-refractivity contribution is -0.118. The Balaban J connectivity index is 2.17. The second-order valence-electron chi connectivity index (χ2n) is 4.66. The summed E-state index contributed by atoms with van der Waals surface area (Å²) in [6.45, 7) is 1.78. The predicted molar refractivity (Wildman–Crippen MR) is 75.5 cm³/mol. The number of rotatable bonds is 8. The van der Waals surface area contributed by atoms with E-state index in [2.05, 4.69) is 34.5 Å². The maximum absolute atomic E-state index is 10.5. The molecule has 0 aliphatic heterocycles. The summed E-state index contributed by atoms with van der Waals surface area (Å²) in [6, 6.07) is 8.49. The van der Waals surface area contributed by atoms with Crippen molar-refractivity contribution in [3.63, 3.8) is 0 Å². The van der Waals surface area contributed by atoms with E-state index < -0.39 is 0 Å². The summed E-state index contributed by atoms with van der Waals surface area (Å²) >= 11 is 0. The molecule has 4 heteroatoms. The summed E-state index contributed by atoms with van der Waals surface area (Å²) in [5.74, 6) is -0.214. The van der Waals surface area contributed by atoms with Crippen molar-refractivity contribution in [2.24, 2.45) is 5.73 Å². The van der Waals surface area contributed by atoms with Crippen LogP contribution in [0.3, 0.4) is 0 Å². The van der Waals surface area contributed by atoms with Gasteiger partial charge in [0, 0.05) is 32.7 Å². The highest BCUT2D eigenvalue weighted by Crippen LogP contribution is 2.11. The fourth-order valence-electron chi connectivity index (χ4n) is 1.69. The Kier molecular flexibility index (Phi) is 6.22. The van der Waals surface area contributed by atoms with Crippen LogP contribution in [0.25, 0.3) is 0 Å². The van der Waals surface area contributed by atoms with Crippen LogP contribution < -0.4 is 16.0 Å². The normalized spacial score (nSPS) is 10.3. The first-order valence-corrected chi connectivity index (χ1v) is 6.35. The van der Waals surface area contributed by atoms with Crippen LogP contribution in [0, 0.1) is 0 Å². The van der Waals surface area contributed by atoms with Gasteiger partial charge in [-0.25, -0.2) is 0 Å². The van der Waals surface area contributed by atoms with E-state index >= 15 is 0 Å². The third-order valence-corrected chi connectivity index (χ3v) is 2.81.